The summed E-state index contributed by atoms with van der Waals surface area (Å²) in [6.07, 6.45) is 8.70. The summed E-state index contributed by atoms with van der Waals surface area (Å²) in [5.74, 6) is 1.03. The molecule has 0 bridgehead atoms. The van der Waals surface area contributed by atoms with Crippen molar-refractivity contribution in [2.24, 2.45) is 5.92 Å². The van der Waals surface area contributed by atoms with Gasteiger partial charge in [0.05, 0.1) is 0 Å². The average Bonchev–Trinajstić information content (AvgIpc) is 2.96. The van der Waals surface area contributed by atoms with Gasteiger partial charge in [0.2, 0.25) is 0 Å². The van der Waals surface area contributed by atoms with E-state index in [4.69, 9.17) is 0 Å². The van der Waals surface area contributed by atoms with Crippen LogP contribution in [-0.2, 0) is 0 Å². The van der Waals surface area contributed by atoms with Crippen molar-refractivity contribution in [2.45, 2.75) is 50.6 Å². The maximum absolute atomic E-state index is 3.80. The van der Waals surface area contributed by atoms with Crippen molar-refractivity contribution in [2.75, 3.05) is 19.6 Å². The smallest absolute Gasteiger partial charge is 0.0249 e. The van der Waals surface area contributed by atoms with Gasteiger partial charge in [-0.05, 0) is 51.1 Å². The second kappa shape index (κ2) is 3.82. The fourth-order valence-corrected chi connectivity index (χ4v) is 3.13. The van der Waals surface area contributed by atoms with Gasteiger partial charge in [0.15, 0.2) is 0 Å². The minimum Gasteiger partial charge on any atom is -0.312 e. The van der Waals surface area contributed by atoms with Gasteiger partial charge < -0.3 is 5.32 Å². The van der Waals surface area contributed by atoms with E-state index < -0.39 is 0 Å². The van der Waals surface area contributed by atoms with E-state index in [1.54, 1.807) is 0 Å². The number of nitrogens with one attached hydrogen (secondary N) is 1. The molecule has 2 unspecified atom stereocenters. The third-order valence-electron chi connectivity index (χ3n) is 4.22. The van der Waals surface area contributed by atoms with Crippen LogP contribution in [0.1, 0.15) is 38.5 Å². The van der Waals surface area contributed by atoms with E-state index in [1.807, 2.05) is 0 Å². The molecule has 2 heteroatoms. The van der Waals surface area contributed by atoms with Crippen LogP contribution in [0, 0.1) is 5.92 Å². The summed E-state index contributed by atoms with van der Waals surface area (Å²) in [5, 5.41) is 3.80. The Morgan fingerprint density at radius 1 is 1.00 bits per heavy atom. The molecule has 0 radical (unpaired) electrons. The lowest BCUT2D eigenvalue weighted by Crippen LogP contribution is -2.45. The second-order valence-corrected chi connectivity index (χ2v) is 5.35. The van der Waals surface area contributed by atoms with Crippen LogP contribution in [0.3, 0.4) is 0 Å². The summed E-state index contributed by atoms with van der Waals surface area (Å²) in [4.78, 5) is 2.72. The highest BCUT2D eigenvalue weighted by Gasteiger charge is 2.35. The third kappa shape index (κ3) is 1.82. The maximum Gasteiger partial charge on any atom is 0.0249 e. The lowest BCUT2D eigenvalue weighted by atomic mass is 9.99. The van der Waals surface area contributed by atoms with Gasteiger partial charge >= 0.3 is 0 Å². The van der Waals surface area contributed by atoms with Crippen LogP contribution >= 0.6 is 0 Å². The predicted molar refractivity (Wildman–Crippen MR) is 58.3 cm³/mol. The molecule has 14 heavy (non-hydrogen) atoms. The number of hydrogen-bond donors (Lipinski definition) is 1. The van der Waals surface area contributed by atoms with Crippen molar-refractivity contribution in [1.82, 2.24) is 10.2 Å². The molecular weight excluding hydrogens is 172 g/mol. The Labute approximate surface area is 87.0 Å². The maximum atomic E-state index is 3.80. The molecule has 2 aliphatic heterocycles. The minimum atomic E-state index is 0.830. The van der Waals surface area contributed by atoms with Crippen LogP contribution in [0.25, 0.3) is 0 Å². The number of piperidine rings is 1. The number of hydrogen-bond acceptors (Lipinski definition) is 2. The van der Waals surface area contributed by atoms with Gasteiger partial charge in [0.1, 0.15) is 0 Å². The van der Waals surface area contributed by atoms with Gasteiger partial charge in [-0.15, -0.1) is 0 Å². The third-order valence-corrected chi connectivity index (χ3v) is 4.22. The summed E-state index contributed by atoms with van der Waals surface area (Å²) in [7, 11) is 0. The Hall–Kier alpha value is -0.0800. The average molecular weight is 194 g/mol. The van der Waals surface area contributed by atoms with Gasteiger partial charge in [-0.2, -0.15) is 0 Å². The van der Waals surface area contributed by atoms with E-state index in [9.17, 15) is 0 Å². The molecule has 0 aromatic carbocycles. The highest BCUT2D eigenvalue weighted by atomic mass is 15.2. The molecule has 2 saturated heterocycles. The van der Waals surface area contributed by atoms with E-state index in [1.165, 1.54) is 58.2 Å². The molecule has 1 N–H and O–H groups in total. The molecule has 0 aromatic rings. The lowest BCUT2D eigenvalue weighted by molar-refractivity contribution is 0.180. The molecule has 3 fully saturated rings. The quantitative estimate of drug-likeness (QED) is 0.734. The first-order chi connectivity index (χ1) is 6.93. The Morgan fingerprint density at radius 2 is 1.93 bits per heavy atom. The van der Waals surface area contributed by atoms with Crippen molar-refractivity contribution in [3.05, 3.63) is 0 Å². The zero-order valence-corrected chi connectivity index (χ0v) is 9.04. The monoisotopic (exact) mass is 194 g/mol. The summed E-state index contributed by atoms with van der Waals surface area (Å²) >= 11 is 0. The first-order valence-electron chi connectivity index (χ1n) is 6.41. The summed E-state index contributed by atoms with van der Waals surface area (Å²) < 4.78 is 0. The van der Waals surface area contributed by atoms with Crippen molar-refractivity contribution >= 4 is 0 Å². The van der Waals surface area contributed by atoms with Crippen molar-refractivity contribution in [1.29, 1.82) is 0 Å². The van der Waals surface area contributed by atoms with Gasteiger partial charge in [-0.25, -0.2) is 0 Å². The largest absolute Gasteiger partial charge is 0.312 e. The van der Waals surface area contributed by atoms with E-state index in [-0.39, 0.29) is 0 Å². The molecule has 2 atom stereocenters. The molecule has 2 heterocycles. The molecule has 1 aliphatic carbocycles. The van der Waals surface area contributed by atoms with Gasteiger partial charge in [-0.3, -0.25) is 4.90 Å². The van der Waals surface area contributed by atoms with Crippen LogP contribution in [0.5, 0.6) is 0 Å². The van der Waals surface area contributed by atoms with Crippen LogP contribution in [0.2, 0.25) is 0 Å². The lowest BCUT2D eigenvalue weighted by Gasteiger charge is -2.32. The van der Waals surface area contributed by atoms with E-state index in [0.717, 1.165) is 18.0 Å². The number of rotatable bonds is 3. The molecule has 0 aromatic heterocycles. The highest BCUT2D eigenvalue weighted by Crippen LogP contribution is 2.30. The first-order valence-corrected chi connectivity index (χ1v) is 6.41. The van der Waals surface area contributed by atoms with E-state index in [0.29, 0.717) is 0 Å². The molecule has 3 rings (SSSR count). The van der Waals surface area contributed by atoms with Gasteiger partial charge in [0, 0.05) is 18.6 Å². The number of nitrogens with zero attached hydrogens (tertiary/aromatic N) is 1. The van der Waals surface area contributed by atoms with Crippen LogP contribution in [-0.4, -0.2) is 36.6 Å². The SMILES string of the molecule is C1CCN2CCC(NCC3CC3)C2C1. The Balaban J connectivity index is 1.52. The van der Waals surface area contributed by atoms with Crippen molar-refractivity contribution in [3.63, 3.8) is 0 Å². The highest BCUT2D eigenvalue weighted by molar-refractivity contribution is 4.94. The predicted octanol–water partition coefficient (Wildman–Crippen LogP) is 1.61. The molecule has 1 saturated carbocycles. The molecular formula is C12H22N2. The normalized spacial score (nSPS) is 38.6. The molecule has 0 spiro atoms. The summed E-state index contributed by atoms with van der Waals surface area (Å²) in [6.45, 7) is 4.02. The Kier molecular flexibility index (Phi) is 2.50. The summed E-state index contributed by atoms with van der Waals surface area (Å²) in [5.41, 5.74) is 0. The zero-order valence-electron chi connectivity index (χ0n) is 9.04. The standard InChI is InChI=1S/C12H22N2/c1-2-7-14-8-6-11(12(14)3-1)13-9-10-4-5-10/h10-13H,1-9H2. The second-order valence-electron chi connectivity index (χ2n) is 5.35. The summed E-state index contributed by atoms with van der Waals surface area (Å²) in [6, 6.07) is 1.72. The Bertz CT molecular complexity index is 200. The van der Waals surface area contributed by atoms with Crippen molar-refractivity contribution in [3.8, 4) is 0 Å². The van der Waals surface area contributed by atoms with Crippen LogP contribution < -0.4 is 5.32 Å². The van der Waals surface area contributed by atoms with Crippen LogP contribution in [0.4, 0.5) is 0 Å². The number of fused-ring (bicyclic) bond motifs is 1. The van der Waals surface area contributed by atoms with Gasteiger partial charge in [0.25, 0.3) is 0 Å². The van der Waals surface area contributed by atoms with Gasteiger partial charge in [-0.1, -0.05) is 6.42 Å². The van der Waals surface area contributed by atoms with Crippen LogP contribution in [0.15, 0.2) is 0 Å². The van der Waals surface area contributed by atoms with E-state index in [2.05, 4.69) is 10.2 Å². The molecule has 3 aliphatic rings. The molecule has 80 valence electrons. The van der Waals surface area contributed by atoms with E-state index >= 15 is 0 Å². The van der Waals surface area contributed by atoms with Crippen molar-refractivity contribution < 1.29 is 0 Å². The molecule has 2 nitrogen and oxygen atoms in total. The first kappa shape index (κ1) is 9.17. The topological polar surface area (TPSA) is 15.3 Å². The molecule has 0 amide bonds. The fourth-order valence-electron chi connectivity index (χ4n) is 3.13. The fraction of sp³-hybridized carbons (Fsp3) is 1.00. The minimum absolute atomic E-state index is 0.830. The Morgan fingerprint density at radius 3 is 2.79 bits per heavy atom. The zero-order chi connectivity index (χ0) is 9.38.